The molecule has 0 unspecified atom stereocenters. The van der Waals surface area contributed by atoms with Crippen molar-refractivity contribution < 1.29 is 23.7 Å². The van der Waals surface area contributed by atoms with Gasteiger partial charge < -0.3 is 23.7 Å². The van der Waals surface area contributed by atoms with Crippen LogP contribution in [0.3, 0.4) is 0 Å². The number of fused-ring (bicyclic) bond motifs is 3. The fourth-order valence-electron chi connectivity index (χ4n) is 4.26. The van der Waals surface area contributed by atoms with Crippen LogP contribution >= 0.6 is 0 Å². The van der Waals surface area contributed by atoms with E-state index in [0.29, 0.717) is 47.5 Å². The molecular weight excluding hydrogens is 336 g/mol. The molecule has 1 fully saturated rings. The number of benzene rings is 1. The van der Waals surface area contributed by atoms with Gasteiger partial charge in [-0.25, -0.2) is 0 Å². The number of hydrogen-bond donors (Lipinski definition) is 1. The zero-order valence-electron chi connectivity index (χ0n) is 15.5. The molecule has 26 heavy (non-hydrogen) atoms. The van der Waals surface area contributed by atoms with E-state index in [-0.39, 0.29) is 17.5 Å². The van der Waals surface area contributed by atoms with E-state index in [1.807, 2.05) is 13.8 Å². The van der Waals surface area contributed by atoms with Crippen LogP contribution < -0.4 is 14.9 Å². The standard InChI is InChI=1S/C20H24O6/c1-10-5-14-16(23-4)8-17-18(15(22)7-11(2)24-17)19(14)26-20(10)9-13(21)6-12(3)25-20/h7-8,10,12-13,21H,5-6,9H2,1-4H3/t10-,12+,13+,20-/m1/s1. The van der Waals surface area contributed by atoms with Crippen molar-refractivity contribution in [3.05, 3.63) is 33.7 Å². The molecule has 0 bridgehead atoms. The van der Waals surface area contributed by atoms with Gasteiger partial charge in [0.25, 0.3) is 0 Å². The molecule has 4 atom stereocenters. The Morgan fingerprint density at radius 3 is 2.77 bits per heavy atom. The number of aliphatic hydroxyl groups is 1. The van der Waals surface area contributed by atoms with Crippen LogP contribution in [0.5, 0.6) is 11.5 Å². The average Bonchev–Trinajstić information content (AvgIpc) is 2.54. The van der Waals surface area contributed by atoms with E-state index in [9.17, 15) is 9.90 Å². The zero-order chi connectivity index (χ0) is 18.6. The Morgan fingerprint density at radius 2 is 2.08 bits per heavy atom. The van der Waals surface area contributed by atoms with Crippen LogP contribution in [0.4, 0.5) is 0 Å². The minimum atomic E-state index is -0.958. The van der Waals surface area contributed by atoms with Gasteiger partial charge in [0.15, 0.2) is 5.43 Å². The van der Waals surface area contributed by atoms with Crippen molar-refractivity contribution in [1.29, 1.82) is 0 Å². The molecule has 1 aromatic carbocycles. The molecule has 140 valence electrons. The quantitative estimate of drug-likeness (QED) is 0.842. The monoisotopic (exact) mass is 360 g/mol. The average molecular weight is 360 g/mol. The van der Waals surface area contributed by atoms with E-state index in [4.69, 9.17) is 18.6 Å². The highest BCUT2D eigenvalue weighted by Crippen LogP contribution is 2.48. The van der Waals surface area contributed by atoms with Crippen molar-refractivity contribution in [3.63, 3.8) is 0 Å². The summed E-state index contributed by atoms with van der Waals surface area (Å²) < 4.78 is 23.8. The Bertz CT molecular complexity index is 905. The van der Waals surface area contributed by atoms with E-state index >= 15 is 0 Å². The Morgan fingerprint density at radius 1 is 1.31 bits per heavy atom. The van der Waals surface area contributed by atoms with Crippen LogP contribution in [0.1, 0.15) is 38.0 Å². The molecule has 1 saturated heterocycles. The summed E-state index contributed by atoms with van der Waals surface area (Å²) in [5.41, 5.74) is 1.11. The van der Waals surface area contributed by atoms with E-state index in [2.05, 4.69) is 0 Å². The van der Waals surface area contributed by atoms with Crippen molar-refractivity contribution in [2.24, 2.45) is 5.92 Å². The van der Waals surface area contributed by atoms with Gasteiger partial charge in [-0.3, -0.25) is 4.79 Å². The predicted octanol–water partition coefficient (Wildman–Crippen LogP) is 2.94. The Kier molecular flexibility index (Phi) is 4.00. The fraction of sp³-hybridized carbons (Fsp3) is 0.550. The van der Waals surface area contributed by atoms with E-state index < -0.39 is 11.9 Å². The molecule has 4 rings (SSSR count). The number of hydrogen-bond acceptors (Lipinski definition) is 6. The first-order chi connectivity index (χ1) is 12.3. The third-order valence-electron chi connectivity index (χ3n) is 5.44. The fourth-order valence-corrected chi connectivity index (χ4v) is 4.26. The smallest absolute Gasteiger partial charge is 0.216 e. The molecular formula is C20H24O6. The van der Waals surface area contributed by atoms with Gasteiger partial charge in [-0.1, -0.05) is 6.92 Å². The Hall–Kier alpha value is -2.05. The molecule has 6 heteroatoms. The summed E-state index contributed by atoms with van der Waals surface area (Å²) >= 11 is 0. The molecule has 2 aliphatic rings. The Balaban J connectivity index is 1.94. The van der Waals surface area contributed by atoms with Gasteiger partial charge in [-0.15, -0.1) is 0 Å². The van der Waals surface area contributed by atoms with Gasteiger partial charge in [0.2, 0.25) is 5.79 Å². The lowest BCUT2D eigenvalue weighted by atomic mass is 9.82. The molecule has 0 aliphatic carbocycles. The molecule has 1 spiro atoms. The van der Waals surface area contributed by atoms with Crippen LogP contribution in [0, 0.1) is 12.8 Å². The summed E-state index contributed by atoms with van der Waals surface area (Å²) in [6, 6.07) is 3.21. The van der Waals surface area contributed by atoms with Gasteiger partial charge in [0, 0.05) is 30.0 Å². The maximum atomic E-state index is 12.7. The molecule has 3 heterocycles. The maximum absolute atomic E-state index is 12.7. The molecule has 0 amide bonds. The second-order valence-corrected chi connectivity index (χ2v) is 7.52. The van der Waals surface area contributed by atoms with Crippen molar-refractivity contribution >= 4 is 11.0 Å². The molecule has 0 radical (unpaired) electrons. The van der Waals surface area contributed by atoms with Gasteiger partial charge in [0.05, 0.1) is 19.3 Å². The second-order valence-electron chi connectivity index (χ2n) is 7.52. The lowest BCUT2D eigenvalue weighted by molar-refractivity contribution is -0.280. The lowest BCUT2D eigenvalue weighted by Gasteiger charge is -2.48. The molecule has 2 aromatic rings. The first kappa shape index (κ1) is 17.4. The summed E-state index contributed by atoms with van der Waals surface area (Å²) in [5.74, 6) is 0.651. The maximum Gasteiger partial charge on any atom is 0.216 e. The van der Waals surface area contributed by atoms with Crippen molar-refractivity contribution in [2.45, 2.75) is 58.0 Å². The minimum Gasteiger partial charge on any atom is -0.496 e. The van der Waals surface area contributed by atoms with Crippen LogP contribution in [0.2, 0.25) is 0 Å². The normalized spacial score (nSPS) is 30.9. The van der Waals surface area contributed by atoms with Gasteiger partial charge in [0.1, 0.15) is 28.2 Å². The number of aliphatic hydroxyl groups excluding tert-OH is 1. The summed E-state index contributed by atoms with van der Waals surface area (Å²) in [7, 11) is 1.59. The third kappa shape index (κ3) is 2.59. The summed E-state index contributed by atoms with van der Waals surface area (Å²) in [5, 5.41) is 10.7. The van der Waals surface area contributed by atoms with E-state index in [1.54, 1.807) is 20.1 Å². The van der Waals surface area contributed by atoms with E-state index in [1.165, 1.54) is 6.07 Å². The second kappa shape index (κ2) is 5.99. The van der Waals surface area contributed by atoms with Crippen molar-refractivity contribution in [3.8, 4) is 11.5 Å². The van der Waals surface area contributed by atoms with Crippen molar-refractivity contribution in [2.75, 3.05) is 7.11 Å². The topological polar surface area (TPSA) is 78.1 Å². The number of ether oxygens (including phenoxy) is 3. The molecule has 1 N–H and O–H groups in total. The van der Waals surface area contributed by atoms with Crippen LogP contribution in [0.25, 0.3) is 11.0 Å². The van der Waals surface area contributed by atoms with Crippen LogP contribution in [0.15, 0.2) is 21.3 Å². The predicted molar refractivity (Wildman–Crippen MR) is 95.8 cm³/mol. The first-order valence-electron chi connectivity index (χ1n) is 9.02. The first-order valence-corrected chi connectivity index (χ1v) is 9.02. The Labute approximate surface area is 151 Å². The van der Waals surface area contributed by atoms with Gasteiger partial charge in [-0.2, -0.15) is 0 Å². The third-order valence-corrected chi connectivity index (χ3v) is 5.44. The molecule has 0 saturated carbocycles. The molecule has 2 aliphatic heterocycles. The SMILES string of the molecule is COc1cc2oc(C)cc(=O)c2c2c1C[C@@H](C)[C@@]1(C[C@@H](O)C[C@H](C)O1)O2. The summed E-state index contributed by atoms with van der Waals surface area (Å²) in [6.45, 7) is 5.70. The van der Waals surface area contributed by atoms with Crippen LogP contribution in [-0.2, 0) is 11.2 Å². The number of rotatable bonds is 1. The number of methoxy groups -OCH3 is 1. The summed E-state index contributed by atoms with van der Waals surface area (Å²) in [6.07, 6.45) is 0.941. The van der Waals surface area contributed by atoms with Gasteiger partial charge in [-0.05, 0) is 26.7 Å². The number of aryl methyl sites for hydroxylation is 1. The highest BCUT2D eigenvalue weighted by atomic mass is 16.7. The molecule has 1 aromatic heterocycles. The highest BCUT2D eigenvalue weighted by molar-refractivity contribution is 5.87. The summed E-state index contributed by atoms with van der Waals surface area (Å²) in [4.78, 5) is 12.7. The zero-order valence-corrected chi connectivity index (χ0v) is 15.5. The largest absolute Gasteiger partial charge is 0.496 e. The van der Waals surface area contributed by atoms with Crippen LogP contribution in [-0.4, -0.2) is 30.2 Å². The van der Waals surface area contributed by atoms with Gasteiger partial charge >= 0.3 is 0 Å². The minimum absolute atomic E-state index is 0.00348. The highest BCUT2D eigenvalue weighted by Gasteiger charge is 2.50. The van der Waals surface area contributed by atoms with E-state index in [0.717, 1.165) is 5.56 Å². The van der Waals surface area contributed by atoms with Crippen molar-refractivity contribution in [1.82, 2.24) is 0 Å². The molecule has 6 nitrogen and oxygen atoms in total. The lowest BCUT2D eigenvalue weighted by Crippen LogP contribution is -2.56.